The fourth-order valence-electron chi connectivity index (χ4n) is 3.96. The van der Waals surface area contributed by atoms with Gasteiger partial charge in [-0.1, -0.05) is 60.7 Å². The summed E-state index contributed by atoms with van der Waals surface area (Å²) in [4.78, 5) is 51.6. The molecule has 0 bridgehead atoms. The smallest absolute Gasteiger partial charge is 0.337 e. The molecule has 1 fully saturated rings. The number of methoxy groups -OCH3 is 1. The maximum Gasteiger partial charge on any atom is 0.337 e. The largest absolute Gasteiger partial charge is 0.465 e. The second kappa shape index (κ2) is 9.58. The number of anilines is 1. The van der Waals surface area contributed by atoms with Crippen LogP contribution in [0.2, 0.25) is 0 Å². The number of ether oxygens (including phenoxy) is 1. The van der Waals surface area contributed by atoms with E-state index in [2.05, 4.69) is 15.4 Å². The third-order valence-electron chi connectivity index (χ3n) is 5.65. The first-order valence-electron chi connectivity index (χ1n) is 10.6. The number of hydrogen-bond acceptors (Lipinski definition) is 5. The van der Waals surface area contributed by atoms with Gasteiger partial charge >= 0.3 is 12.0 Å². The van der Waals surface area contributed by atoms with E-state index in [9.17, 15) is 19.2 Å². The number of esters is 1. The molecule has 0 aliphatic carbocycles. The molecule has 2 N–H and O–H groups in total. The Bertz CT molecular complexity index is 1210. The van der Waals surface area contributed by atoms with Crippen LogP contribution in [0.1, 0.15) is 21.5 Å². The number of hydrogen-bond donors (Lipinski definition) is 2. The molecule has 1 heterocycles. The van der Waals surface area contributed by atoms with Crippen molar-refractivity contribution in [2.45, 2.75) is 12.0 Å². The van der Waals surface area contributed by atoms with Crippen molar-refractivity contribution in [3.8, 4) is 0 Å². The Labute approximate surface area is 196 Å². The van der Waals surface area contributed by atoms with Gasteiger partial charge in [0.25, 0.3) is 5.91 Å². The van der Waals surface area contributed by atoms with E-state index in [0.717, 1.165) is 10.5 Å². The molecule has 1 saturated heterocycles. The Morgan fingerprint density at radius 1 is 0.912 bits per heavy atom. The van der Waals surface area contributed by atoms with E-state index in [1.165, 1.54) is 19.2 Å². The van der Waals surface area contributed by atoms with Gasteiger partial charge in [-0.3, -0.25) is 14.5 Å². The maximum absolute atomic E-state index is 13.6. The summed E-state index contributed by atoms with van der Waals surface area (Å²) < 4.78 is 4.65. The Kier molecular flexibility index (Phi) is 6.40. The first-order chi connectivity index (χ1) is 16.4. The fraction of sp³-hybridized carbons (Fsp3) is 0.154. The SMILES string of the molecule is COC(=O)c1ccc(NC(=O)CN2C(=O)NC(Cc3ccccc3)(c3ccccc3)C2=O)cc1. The van der Waals surface area contributed by atoms with Crippen molar-refractivity contribution in [1.82, 2.24) is 10.2 Å². The average molecular weight is 457 g/mol. The zero-order valence-corrected chi connectivity index (χ0v) is 18.5. The number of nitrogens with one attached hydrogen (secondary N) is 2. The third kappa shape index (κ3) is 4.52. The van der Waals surface area contributed by atoms with Gasteiger partial charge < -0.3 is 15.4 Å². The lowest BCUT2D eigenvalue weighted by Gasteiger charge is -2.27. The summed E-state index contributed by atoms with van der Waals surface area (Å²) in [6.45, 7) is -0.452. The molecule has 172 valence electrons. The highest BCUT2D eigenvalue weighted by Gasteiger charge is 2.52. The molecular formula is C26H23N3O5. The van der Waals surface area contributed by atoms with Crippen molar-refractivity contribution in [3.05, 3.63) is 102 Å². The van der Waals surface area contributed by atoms with E-state index < -0.39 is 35.9 Å². The lowest BCUT2D eigenvalue weighted by molar-refractivity contribution is -0.134. The van der Waals surface area contributed by atoms with Gasteiger partial charge in [0, 0.05) is 12.1 Å². The van der Waals surface area contributed by atoms with Gasteiger partial charge in [-0.25, -0.2) is 9.59 Å². The Balaban J connectivity index is 1.54. The number of carbonyl (C=O) groups is 4. The lowest BCUT2D eigenvalue weighted by atomic mass is 9.83. The van der Waals surface area contributed by atoms with Crippen molar-refractivity contribution in [2.75, 3.05) is 19.0 Å². The van der Waals surface area contributed by atoms with Gasteiger partial charge in [0.15, 0.2) is 5.54 Å². The average Bonchev–Trinajstić information content (AvgIpc) is 3.10. The minimum Gasteiger partial charge on any atom is -0.465 e. The number of benzene rings is 3. The number of urea groups is 1. The van der Waals surface area contributed by atoms with Crippen molar-refractivity contribution in [3.63, 3.8) is 0 Å². The molecule has 4 rings (SSSR count). The molecule has 0 radical (unpaired) electrons. The van der Waals surface area contributed by atoms with Crippen LogP contribution in [0.25, 0.3) is 0 Å². The number of imide groups is 1. The number of amides is 4. The molecule has 4 amide bonds. The Morgan fingerprint density at radius 3 is 2.15 bits per heavy atom. The predicted octanol–water partition coefficient (Wildman–Crippen LogP) is 3.10. The molecule has 1 unspecified atom stereocenters. The molecule has 0 saturated carbocycles. The minimum absolute atomic E-state index is 0.246. The standard InChI is InChI=1S/C26H23N3O5/c1-34-23(31)19-12-14-21(15-13-19)27-22(30)17-29-24(32)26(28-25(29)33,20-10-6-3-7-11-20)16-18-8-4-2-5-9-18/h2-15H,16-17H2,1H3,(H,27,30)(H,28,33). The van der Waals surface area contributed by atoms with Crippen molar-refractivity contribution in [2.24, 2.45) is 0 Å². The topological polar surface area (TPSA) is 105 Å². The molecule has 1 aliphatic rings. The van der Waals surface area contributed by atoms with Crippen molar-refractivity contribution >= 4 is 29.5 Å². The van der Waals surface area contributed by atoms with E-state index in [0.29, 0.717) is 16.8 Å². The van der Waals surface area contributed by atoms with Gasteiger partial charge in [0.05, 0.1) is 12.7 Å². The van der Waals surface area contributed by atoms with E-state index in [1.807, 2.05) is 36.4 Å². The predicted molar refractivity (Wildman–Crippen MR) is 125 cm³/mol. The minimum atomic E-state index is -1.32. The number of carbonyl (C=O) groups excluding carboxylic acids is 4. The second-order valence-corrected chi connectivity index (χ2v) is 7.87. The maximum atomic E-state index is 13.6. The van der Waals surface area contributed by atoms with Crippen LogP contribution in [0.3, 0.4) is 0 Å². The normalized spacial score (nSPS) is 17.3. The summed E-state index contributed by atoms with van der Waals surface area (Å²) in [7, 11) is 1.28. The van der Waals surface area contributed by atoms with E-state index in [4.69, 9.17) is 0 Å². The lowest BCUT2D eigenvalue weighted by Crippen LogP contribution is -2.46. The molecule has 8 nitrogen and oxygen atoms in total. The van der Waals surface area contributed by atoms with Crippen LogP contribution in [0.15, 0.2) is 84.9 Å². The van der Waals surface area contributed by atoms with Crippen molar-refractivity contribution in [1.29, 1.82) is 0 Å². The molecular weight excluding hydrogens is 434 g/mol. The first kappa shape index (κ1) is 22.7. The van der Waals surface area contributed by atoms with Gasteiger partial charge in [-0.2, -0.15) is 0 Å². The molecule has 3 aromatic rings. The molecule has 0 aromatic heterocycles. The molecule has 34 heavy (non-hydrogen) atoms. The molecule has 3 aromatic carbocycles. The van der Waals surface area contributed by atoms with Gasteiger partial charge in [-0.05, 0) is 35.4 Å². The van der Waals surface area contributed by atoms with Crippen LogP contribution in [0, 0.1) is 0 Å². The van der Waals surface area contributed by atoms with Gasteiger partial charge in [0.1, 0.15) is 6.54 Å². The highest BCUT2D eigenvalue weighted by molar-refractivity contribution is 6.10. The molecule has 0 spiro atoms. The van der Waals surface area contributed by atoms with Gasteiger partial charge in [-0.15, -0.1) is 0 Å². The van der Waals surface area contributed by atoms with Crippen LogP contribution >= 0.6 is 0 Å². The zero-order valence-electron chi connectivity index (χ0n) is 18.5. The van der Waals surface area contributed by atoms with Crippen LogP contribution in [-0.4, -0.2) is 42.4 Å². The Hall–Kier alpha value is -4.46. The van der Waals surface area contributed by atoms with Crippen LogP contribution in [0.5, 0.6) is 0 Å². The summed E-state index contributed by atoms with van der Waals surface area (Å²) in [5, 5.41) is 5.48. The van der Waals surface area contributed by atoms with E-state index in [1.54, 1.807) is 36.4 Å². The summed E-state index contributed by atoms with van der Waals surface area (Å²) in [5.41, 5.74) is 0.948. The van der Waals surface area contributed by atoms with E-state index >= 15 is 0 Å². The second-order valence-electron chi connectivity index (χ2n) is 7.87. The monoisotopic (exact) mass is 457 g/mol. The first-order valence-corrected chi connectivity index (χ1v) is 10.6. The van der Waals surface area contributed by atoms with Crippen molar-refractivity contribution < 1.29 is 23.9 Å². The third-order valence-corrected chi connectivity index (χ3v) is 5.65. The summed E-state index contributed by atoms with van der Waals surface area (Å²) in [5.74, 6) is -1.53. The highest BCUT2D eigenvalue weighted by atomic mass is 16.5. The van der Waals surface area contributed by atoms with Crippen LogP contribution < -0.4 is 10.6 Å². The molecule has 1 aliphatic heterocycles. The molecule has 8 heteroatoms. The fourth-order valence-corrected chi connectivity index (χ4v) is 3.96. The van der Waals surface area contributed by atoms with Crippen LogP contribution in [-0.2, 0) is 26.3 Å². The Morgan fingerprint density at radius 2 is 1.53 bits per heavy atom. The summed E-state index contributed by atoms with van der Waals surface area (Å²) in [6.07, 6.45) is 0.246. The van der Waals surface area contributed by atoms with Gasteiger partial charge in [0.2, 0.25) is 5.91 Å². The van der Waals surface area contributed by atoms with Crippen LogP contribution in [0.4, 0.5) is 10.5 Å². The quantitative estimate of drug-likeness (QED) is 0.419. The number of rotatable bonds is 7. The highest BCUT2D eigenvalue weighted by Crippen LogP contribution is 2.33. The number of nitrogens with zero attached hydrogens (tertiary/aromatic N) is 1. The molecule has 1 atom stereocenters. The zero-order chi connectivity index (χ0) is 24.1. The summed E-state index contributed by atoms with van der Waals surface area (Å²) >= 11 is 0. The summed E-state index contributed by atoms with van der Waals surface area (Å²) in [6, 6.07) is 23.8. The van der Waals surface area contributed by atoms with E-state index in [-0.39, 0.29) is 6.42 Å².